The maximum Gasteiger partial charge on any atom is 0.331 e. The zero-order valence-corrected chi connectivity index (χ0v) is 11.1. The molecule has 0 aromatic heterocycles. The molecule has 0 aliphatic carbocycles. The van der Waals surface area contributed by atoms with Gasteiger partial charge in [0.15, 0.2) is 0 Å². The molecular weight excluding hydrogens is 256 g/mol. The third-order valence-electron chi connectivity index (χ3n) is 2.72. The first-order chi connectivity index (χ1) is 8.41. The van der Waals surface area contributed by atoms with Crippen LogP contribution in [0.3, 0.4) is 0 Å². The van der Waals surface area contributed by atoms with Gasteiger partial charge in [0, 0.05) is 22.9 Å². The first-order valence-electron chi connectivity index (χ1n) is 5.52. The van der Waals surface area contributed by atoms with E-state index in [4.69, 9.17) is 5.11 Å². The van der Waals surface area contributed by atoms with Crippen molar-refractivity contribution in [2.45, 2.75) is 26.3 Å². The monoisotopic (exact) mass is 272 g/mol. The topological polar surface area (TPSA) is 95.5 Å². The summed E-state index contributed by atoms with van der Waals surface area (Å²) < 4.78 is 0. The molecule has 1 saturated heterocycles. The molecule has 0 spiro atoms. The predicted molar refractivity (Wildman–Crippen MR) is 68.4 cm³/mol. The lowest BCUT2D eigenvalue weighted by molar-refractivity contribution is -0.133. The zero-order valence-electron chi connectivity index (χ0n) is 10.3. The van der Waals surface area contributed by atoms with Crippen LogP contribution >= 0.6 is 11.8 Å². The van der Waals surface area contributed by atoms with Crippen LogP contribution in [-0.4, -0.2) is 40.6 Å². The summed E-state index contributed by atoms with van der Waals surface area (Å²) in [4.78, 5) is 33.7. The quantitative estimate of drug-likeness (QED) is 0.659. The molecule has 100 valence electrons. The molecule has 7 heteroatoms. The van der Waals surface area contributed by atoms with Crippen molar-refractivity contribution >= 4 is 29.7 Å². The third kappa shape index (κ3) is 4.06. The third-order valence-corrected chi connectivity index (χ3v) is 3.88. The second-order valence-electron chi connectivity index (χ2n) is 4.04. The average Bonchev–Trinajstić information content (AvgIpc) is 2.79. The van der Waals surface area contributed by atoms with Gasteiger partial charge in [0.25, 0.3) is 5.91 Å². The fourth-order valence-corrected chi connectivity index (χ4v) is 2.55. The summed E-state index contributed by atoms with van der Waals surface area (Å²) in [6.07, 6.45) is 0.884. The summed E-state index contributed by atoms with van der Waals surface area (Å²) >= 11 is 1.74. The van der Waals surface area contributed by atoms with Crippen LogP contribution in [0.4, 0.5) is 4.79 Å². The van der Waals surface area contributed by atoms with Crippen molar-refractivity contribution < 1.29 is 19.5 Å². The molecule has 3 amide bonds. The summed E-state index contributed by atoms with van der Waals surface area (Å²) in [5.74, 6) is -0.0196. The summed E-state index contributed by atoms with van der Waals surface area (Å²) in [6, 6.07) is -0.502. The van der Waals surface area contributed by atoms with E-state index in [1.54, 1.807) is 11.8 Å². The van der Waals surface area contributed by atoms with Gasteiger partial charge in [-0.15, -0.1) is 0 Å². The number of hydrogen-bond acceptors (Lipinski definition) is 4. The fourth-order valence-electron chi connectivity index (χ4n) is 1.40. The van der Waals surface area contributed by atoms with Gasteiger partial charge in [0.05, 0.1) is 0 Å². The van der Waals surface area contributed by atoms with Gasteiger partial charge in [-0.1, -0.05) is 0 Å². The van der Waals surface area contributed by atoms with E-state index in [1.165, 1.54) is 13.8 Å². The Morgan fingerprint density at radius 1 is 1.22 bits per heavy atom. The molecule has 18 heavy (non-hydrogen) atoms. The number of aliphatic carboxylic acids is 1. The van der Waals surface area contributed by atoms with Crippen molar-refractivity contribution in [1.82, 2.24) is 10.6 Å². The average molecular weight is 272 g/mol. The molecule has 0 radical (unpaired) electrons. The number of carbonyl (C=O) groups excluding carboxylic acids is 2. The molecule has 1 aliphatic rings. The van der Waals surface area contributed by atoms with Crippen molar-refractivity contribution in [3.8, 4) is 0 Å². The van der Waals surface area contributed by atoms with Gasteiger partial charge >= 0.3 is 12.0 Å². The number of imide groups is 1. The largest absolute Gasteiger partial charge is 0.478 e. The number of hydrogen-bond donors (Lipinski definition) is 3. The maximum absolute atomic E-state index is 11.6. The van der Waals surface area contributed by atoms with Gasteiger partial charge in [-0.3, -0.25) is 10.1 Å². The van der Waals surface area contributed by atoms with Gasteiger partial charge in [-0.2, -0.15) is 11.8 Å². The molecule has 0 bridgehead atoms. The van der Waals surface area contributed by atoms with Crippen molar-refractivity contribution in [2.75, 3.05) is 11.5 Å². The van der Waals surface area contributed by atoms with Crippen LogP contribution in [0, 0.1) is 0 Å². The Bertz CT molecular complexity index is 400. The number of nitrogens with one attached hydrogen (secondary N) is 2. The Labute approximate surface area is 109 Å². The molecule has 1 rings (SSSR count). The summed E-state index contributed by atoms with van der Waals surface area (Å²) in [5, 5.41) is 13.5. The van der Waals surface area contributed by atoms with Crippen molar-refractivity contribution in [3.63, 3.8) is 0 Å². The van der Waals surface area contributed by atoms with E-state index in [9.17, 15) is 14.4 Å². The normalized spacial score (nSPS) is 20.0. The predicted octanol–water partition coefficient (Wildman–Crippen LogP) is 0.739. The number of carbonyl (C=O) groups is 3. The number of rotatable bonds is 3. The fraction of sp³-hybridized carbons (Fsp3) is 0.545. The number of carboxylic acids is 1. The van der Waals surface area contributed by atoms with Crippen LogP contribution in [0.25, 0.3) is 0 Å². The number of amides is 3. The number of thioether (sulfide) groups is 1. The Balaban J connectivity index is 2.51. The van der Waals surface area contributed by atoms with Crippen molar-refractivity contribution in [3.05, 3.63) is 11.1 Å². The van der Waals surface area contributed by atoms with Crippen LogP contribution in [0.5, 0.6) is 0 Å². The Morgan fingerprint density at radius 2 is 1.89 bits per heavy atom. The highest BCUT2D eigenvalue weighted by Crippen LogP contribution is 2.16. The van der Waals surface area contributed by atoms with E-state index in [2.05, 4.69) is 10.6 Å². The molecule has 0 aromatic rings. The standard InChI is InChI=1S/C11H16N2O4S/c1-6(7(2)10(15)16)9(14)13-11(17)12-8-3-4-18-5-8/h8H,3-5H2,1-2H3,(H,15,16)(H2,12,13,14,17). The molecule has 0 saturated carbocycles. The smallest absolute Gasteiger partial charge is 0.331 e. The van der Waals surface area contributed by atoms with Gasteiger partial charge < -0.3 is 10.4 Å². The molecule has 1 unspecified atom stereocenters. The van der Waals surface area contributed by atoms with E-state index < -0.39 is 17.9 Å². The highest BCUT2D eigenvalue weighted by atomic mass is 32.2. The van der Waals surface area contributed by atoms with E-state index in [0.717, 1.165) is 17.9 Å². The molecule has 3 N–H and O–H groups in total. The van der Waals surface area contributed by atoms with Crippen LogP contribution in [0.15, 0.2) is 11.1 Å². The Kier molecular flexibility index (Phi) is 5.21. The molecule has 6 nitrogen and oxygen atoms in total. The van der Waals surface area contributed by atoms with Crippen LogP contribution < -0.4 is 10.6 Å². The summed E-state index contributed by atoms with van der Waals surface area (Å²) in [6.45, 7) is 2.69. The minimum Gasteiger partial charge on any atom is -0.478 e. The molecular formula is C11H16N2O4S. The number of urea groups is 1. The molecule has 1 atom stereocenters. The highest BCUT2D eigenvalue weighted by Gasteiger charge is 2.20. The lowest BCUT2D eigenvalue weighted by Gasteiger charge is -2.12. The molecule has 0 aromatic carbocycles. The lowest BCUT2D eigenvalue weighted by atomic mass is 10.1. The van der Waals surface area contributed by atoms with E-state index >= 15 is 0 Å². The highest BCUT2D eigenvalue weighted by molar-refractivity contribution is 7.99. The second kappa shape index (κ2) is 6.44. The first kappa shape index (κ1) is 14.6. The van der Waals surface area contributed by atoms with Gasteiger partial charge in [0.1, 0.15) is 0 Å². The maximum atomic E-state index is 11.6. The minimum absolute atomic E-state index is 0.0263. The summed E-state index contributed by atoms with van der Waals surface area (Å²) in [7, 11) is 0. The first-order valence-corrected chi connectivity index (χ1v) is 6.67. The van der Waals surface area contributed by atoms with Crippen LogP contribution in [-0.2, 0) is 9.59 Å². The molecule has 1 aliphatic heterocycles. The molecule has 1 fully saturated rings. The van der Waals surface area contributed by atoms with Crippen molar-refractivity contribution in [2.24, 2.45) is 0 Å². The van der Waals surface area contributed by atoms with Crippen LogP contribution in [0.2, 0.25) is 0 Å². The SMILES string of the molecule is CC(C(=O)O)=C(C)C(=O)NC(=O)NC1CCSC1. The lowest BCUT2D eigenvalue weighted by Crippen LogP contribution is -2.45. The van der Waals surface area contributed by atoms with E-state index in [0.29, 0.717) is 0 Å². The Hall–Kier alpha value is -1.50. The van der Waals surface area contributed by atoms with Gasteiger partial charge in [0.2, 0.25) is 0 Å². The summed E-state index contributed by atoms with van der Waals surface area (Å²) in [5.41, 5.74) is -0.0461. The van der Waals surface area contributed by atoms with Gasteiger partial charge in [-0.05, 0) is 26.0 Å². The second-order valence-corrected chi connectivity index (χ2v) is 5.19. The van der Waals surface area contributed by atoms with E-state index in [1.807, 2.05) is 0 Å². The van der Waals surface area contributed by atoms with E-state index in [-0.39, 0.29) is 17.2 Å². The zero-order chi connectivity index (χ0) is 13.7. The van der Waals surface area contributed by atoms with Gasteiger partial charge in [-0.25, -0.2) is 9.59 Å². The van der Waals surface area contributed by atoms with Crippen molar-refractivity contribution in [1.29, 1.82) is 0 Å². The number of carboxylic acid groups (broad SMARTS) is 1. The van der Waals surface area contributed by atoms with Crippen LogP contribution in [0.1, 0.15) is 20.3 Å². The minimum atomic E-state index is -1.17. The Morgan fingerprint density at radius 3 is 2.39 bits per heavy atom. The molecule has 1 heterocycles.